The zero-order valence-corrected chi connectivity index (χ0v) is 8.96. The highest BCUT2D eigenvalue weighted by molar-refractivity contribution is 8.11. The molecule has 1 heterocycles. The van der Waals surface area contributed by atoms with E-state index in [0.29, 0.717) is 5.62 Å². The van der Waals surface area contributed by atoms with Crippen molar-refractivity contribution in [2.75, 3.05) is 12.9 Å². The van der Waals surface area contributed by atoms with Crippen molar-refractivity contribution < 1.29 is 29.6 Å². The molecule has 1 aliphatic rings. The molecule has 0 radical (unpaired) electrons. The van der Waals surface area contributed by atoms with Gasteiger partial charge in [-0.15, -0.1) is 0 Å². The fourth-order valence-electron chi connectivity index (χ4n) is 1.38. The Morgan fingerprint density at radius 2 is 2.00 bits per heavy atom. The highest BCUT2D eigenvalue weighted by atomic mass is 32.2. The molecule has 0 amide bonds. The molecule has 5 unspecified atom stereocenters. The monoisotopic (exact) mass is 238 g/mol. The average Bonchev–Trinajstić information content (AvgIpc) is 2.25. The zero-order valence-electron chi connectivity index (χ0n) is 8.15. The van der Waals surface area contributed by atoms with Gasteiger partial charge < -0.3 is 24.8 Å². The summed E-state index contributed by atoms with van der Waals surface area (Å²) in [5.74, 6) is 0.203. The molecule has 1 saturated heterocycles. The van der Waals surface area contributed by atoms with E-state index in [1.54, 1.807) is 0 Å². The maximum absolute atomic E-state index is 10.1. The number of ether oxygens (including phenoxy) is 2. The Kier molecular flexibility index (Phi) is 4.97. The summed E-state index contributed by atoms with van der Waals surface area (Å²) in [5.41, 5.74) is 0.620. The Morgan fingerprint density at radius 1 is 1.33 bits per heavy atom. The maximum Gasteiger partial charge on any atom is 0.186 e. The lowest BCUT2D eigenvalue weighted by Crippen LogP contribution is -2.58. The van der Waals surface area contributed by atoms with Crippen LogP contribution in [0.4, 0.5) is 0 Å². The SMILES string of the molecule is COC1OC(CSC=O)C(O)C(O)C1O. The first-order chi connectivity index (χ1) is 7.11. The third kappa shape index (κ3) is 2.90. The molecule has 1 rings (SSSR count). The third-order valence-corrected chi connectivity index (χ3v) is 2.89. The number of methoxy groups -OCH3 is 1. The number of carbonyl (C=O) groups is 1. The molecular formula is C8H14O6S. The van der Waals surface area contributed by atoms with E-state index in [9.17, 15) is 20.1 Å². The fraction of sp³-hybridized carbons (Fsp3) is 0.875. The molecule has 5 atom stereocenters. The summed E-state index contributed by atoms with van der Waals surface area (Å²) in [4.78, 5) is 10.1. The van der Waals surface area contributed by atoms with Crippen LogP contribution in [0.15, 0.2) is 0 Å². The van der Waals surface area contributed by atoms with Crippen LogP contribution in [0.3, 0.4) is 0 Å². The molecular weight excluding hydrogens is 224 g/mol. The van der Waals surface area contributed by atoms with Crippen LogP contribution in [0.5, 0.6) is 0 Å². The van der Waals surface area contributed by atoms with Crippen LogP contribution in [0.25, 0.3) is 0 Å². The van der Waals surface area contributed by atoms with Crippen molar-refractivity contribution in [3.05, 3.63) is 0 Å². The van der Waals surface area contributed by atoms with Crippen molar-refractivity contribution in [2.45, 2.75) is 30.7 Å². The predicted molar refractivity (Wildman–Crippen MR) is 52.9 cm³/mol. The van der Waals surface area contributed by atoms with Gasteiger partial charge in [0.25, 0.3) is 0 Å². The van der Waals surface area contributed by atoms with Gasteiger partial charge in [0, 0.05) is 12.9 Å². The second-order valence-electron chi connectivity index (χ2n) is 3.18. The number of carbonyl (C=O) groups excluding carboxylic acids is 1. The van der Waals surface area contributed by atoms with Gasteiger partial charge in [-0.2, -0.15) is 0 Å². The summed E-state index contributed by atoms with van der Waals surface area (Å²) in [6.45, 7) is 0. The molecule has 3 N–H and O–H groups in total. The smallest absolute Gasteiger partial charge is 0.186 e. The largest absolute Gasteiger partial charge is 0.388 e. The van der Waals surface area contributed by atoms with Crippen molar-refractivity contribution in [3.8, 4) is 0 Å². The van der Waals surface area contributed by atoms with Gasteiger partial charge in [-0.1, -0.05) is 11.8 Å². The molecule has 0 aliphatic carbocycles. The quantitative estimate of drug-likeness (QED) is 0.506. The number of hydrogen-bond acceptors (Lipinski definition) is 7. The molecule has 15 heavy (non-hydrogen) atoms. The van der Waals surface area contributed by atoms with Gasteiger partial charge in [-0.25, -0.2) is 0 Å². The molecule has 0 aromatic rings. The molecule has 1 fully saturated rings. The van der Waals surface area contributed by atoms with Gasteiger partial charge in [0.05, 0.1) is 6.10 Å². The Hall–Kier alpha value is -0.180. The molecule has 88 valence electrons. The lowest BCUT2D eigenvalue weighted by atomic mass is 10.00. The van der Waals surface area contributed by atoms with Crippen LogP contribution in [-0.2, 0) is 14.3 Å². The Labute approximate surface area is 91.2 Å². The van der Waals surface area contributed by atoms with Crippen molar-refractivity contribution >= 4 is 17.4 Å². The van der Waals surface area contributed by atoms with E-state index in [2.05, 4.69) is 0 Å². The molecule has 0 bridgehead atoms. The standard InChI is InChI=1S/C8H14O6S/c1-13-8-7(12)6(11)5(10)4(14-8)2-15-3-9/h3-8,10-12H,2H2,1H3. The molecule has 1 aliphatic heterocycles. The zero-order chi connectivity index (χ0) is 11.4. The lowest BCUT2D eigenvalue weighted by molar-refractivity contribution is -0.284. The van der Waals surface area contributed by atoms with Crippen LogP contribution >= 0.6 is 11.8 Å². The Bertz CT molecular complexity index is 211. The van der Waals surface area contributed by atoms with E-state index in [4.69, 9.17) is 9.47 Å². The molecule has 0 aromatic heterocycles. The first-order valence-corrected chi connectivity index (χ1v) is 5.44. The minimum Gasteiger partial charge on any atom is -0.388 e. The van der Waals surface area contributed by atoms with Gasteiger partial charge in [0.2, 0.25) is 0 Å². The number of thioether (sulfide) groups is 1. The minimum absolute atomic E-state index is 0.203. The lowest BCUT2D eigenvalue weighted by Gasteiger charge is -2.39. The van der Waals surface area contributed by atoms with Crippen LogP contribution in [0, 0.1) is 0 Å². The summed E-state index contributed by atoms with van der Waals surface area (Å²) in [6, 6.07) is 0. The normalized spacial score (nSPS) is 41.5. The van der Waals surface area contributed by atoms with E-state index >= 15 is 0 Å². The van der Waals surface area contributed by atoms with Gasteiger partial charge in [-0.05, 0) is 0 Å². The molecule has 0 aromatic carbocycles. The molecule has 0 spiro atoms. The first kappa shape index (κ1) is 12.9. The summed E-state index contributed by atoms with van der Waals surface area (Å²) >= 11 is 0.920. The topological polar surface area (TPSA) is 96.2 Å². The van der Waals surface area contributed by atoms with E-state index in [0.717, 1.165) is 11.8 Å². The number of rotatable bonds is 4. The van der Waals surface area contributed by atoms with Crippen molar-refractivity contribution in [1.29, 1.82) is 0 Å². The highest BCUT2D eigenvalue weighted by Gasteiger charge is 2.43. The van der Waals surface area contributed by atoms with Crippen LogP contribution in [-0.4, -0.2) is 64.5 Å². The summed E-state index contributed by atoms with van der Waals surface area (Å²) < 4.78 is 9.96. The maximum atomic E-state index is 10.1. The average molecular weight is 238 g/mol. The third-order valence-electron chi connectivity index (χ3n) is 2.23. The summed E-state index contributed by atoms with van der Waals surface area (Å²) in [6.07, 6.45) is -5.56. The van der Waals surface area contributed by atoms with Gasteiger partial charge in [-0.3, -0.25) is 4.79 Å². The highest BCUT2D eigenvalue weighted by Crippen LogP contribution is 2.23. The molecule has 7 heteroatoms. The van der Waals surface area contributed by atoms with Crippen molar-refractivity contribution in [2.24, 2.45) is 0 Å². The van der Waals surface area contributed by atoms with Crippen LogP contribution in [0.1, 0.15) is 0 Å². The van der Waals surface area contributed by atoms with Crippen molar-refractivity contribution in [1.82, 2.24) is 0 Å². The second-order valence-corrected chi connectivity index (χ2v) is 4.04. The van der Waals surface area contributed by atoms with Gasteiger partial charge >= 0.3 is 0 Å². The first-order valence-electron chi connectivity index (χ1n) is 4.39. The minimum atomic E-state index is -1.33. The van der Waals surface area contributed by atoms with E-state index < -0.39 is 30.7 Å². The predicted octanol–water partition coefficient (Wildman–Crippen LogP) is -1.64. The van der Waals surface area contributed by atoms with Crippen LogP contribution < -0.4 is 0 Å². The summed E-state index contributed by atoms with van der Waals surface area (Å²) in [7, 11) is 1.32. The van der Waals surface area contributed by atoms with E-state index in [-0.39, 0.29) is 5.75 Å². The van der Waals surface area contributed by atoms with E-state index in [1.165, 1.54) is 7.11 Å². The second kappa shape index (κ2) is 5.78. The molecule has 6 nitrogen and oxygen atoms in total. The number of aliphatic hydroxyl groups is 3. The number of aliphatic hydroxyl groups excluding tert-OH is 3. The Morgan fingerprint density at radius 3 is 2.53 bits per heavy atom. The van der Waals surface area contributed by atoms with E-state index in [1.807, 2.05) is 0 Å². The number of hydrogen-bond donors (Lipinski definition) is 3. The summed E-state index contributed by atoms with van der Waals surface area (Å²) in [5, 5.41) is 28.4. The fourth-order valence-corrected chi connectivity index (χ4v) is 1.93. The Balaban J connectivity index is 2.60. The molecule has 0 saturated carbocycles. The van der Waals surface area contributed by atoms with Gasteiger partial charge in [0.15, 0.2) is 11.9 Å². The van der Waals surface area contributed by atoms with Crippen molar-refractivity contribution in [3.63, 3.8) is 0 Å². The van der Waals surface area contributed by atoms with Gasteiger partial charge in [0.1, 0.15) is 18.3 Å². The van der Waals surface area contributed by atoms with Crippen LogP contribution in [0.2, 0.25) is 0 Å².